The number of hydrogen-bond acceptors (Lipinski definition) is 11. The molecular formula is C47H53ClN6O8S. The largest absolute Gasteiger partial charge is 0.487 e. The fraction of sp³-hybridized carbons (Fsp3) is 0.404. The van der Waals surface area contributed by atoms with Crippen LogP contribution >= 0.6 is 11.6 Å². The van der Waals surface area contributed by atoms with Gasteiger partial charge in [-0.05, 0) is 116 Å². The van der Waals surface area contributed by atoms with Gasteiger partial charge in [0.2, 0.25) is 0 Å². The molecule has 63 heavy (non-hydrogen) atoms. The molecule has 2 N–H and O–H groups in total. The minimum atomic E-state index is -4.61. The van der Waals surface area contributed by atoms with Crippen LogP contribution in [0.1, 0.15) is 74.7 Å². The number of aromatic amines is 1. The topological polar surface area (TPSA) is 169 Å². The zero-order valence-corrected chi connectivity index (χ0v) is 37.3. The van der Waals surface area contributed by atoms with Crippen molar-refractivity contribution in [1.29, 1.82) is 0 Å². The number of pyridine rings is 1. The molecule has 2 aliphatic carbocycles. The number of nitro benzene ring substituents is 1. The Morgan fingerprint density at radius 3 is 2.51 bits per heavy atom. The van der Waals surface area contributed by atoms with E-state index in [0.717, 1.165) is 76.0 Å². The van der Waals surface area contributed by atoms with Crippen LogP contribution in [0, 0.1) is 21.4 Å². The van der Waals surface area contributed by atoms with E-state index in [1.807, 2.05) is 24.3 Å². The van der Waals surface area contributed by atoms with Crippen molar-refractivity contribution < 1.29 is 32.3 Å². The Kier molecular flexibility index (Phi) is 13.1. The van der Waals surface area contributed by atoms with Gasteiger partial charge in [-0.25, -0.2) is 18.1 Å². The average Bonchev–Trinajstić information content (AvgIpc) is 3.75. The number of methoxy groups -OCH3 is 1. The molecule has 8 rings (SSSR count). The zero-order chi connectivity index (χ0) is 44.3. The van der Waals surface area contributed by atoms with Crippen LogP contribution in [0.15, 0.2) is 95.7 Å². The number of sulfonamides is 1. The number of carbonyl (C=O) groups excluding carboxylic acids is 1. The zero-order valence-electron chi connectivity index (χ0n) is 35.8. The number of rotatable bonds is 14. The third kappa shape index (κ3) is 10.3. The van der Waals surface area contributed by atoms with Crippen LogP contribution in [0.3, 0.4) is 0 Å². The number of fused-ring (bicyclic) bond motifs is 1. The van der Waals surface area contributed by atoms with Crippen LogP contribution in [-0.2, 0) is 14.8 Å². The average molecular weight is 897 g/mol. The minimum Gasteiger partial charge on any atom is -0.487 e. The quantitative estimate of drug-likeness (QED) is 0.0805. The molecule has 14 nitrogen and oxygen atoms in total. The fourth-order valence-electron chi connectivity index (χ4n) is 8.94. The van der Waals surface area contributed by atoms with E-state index in [1.165, 1.54) is 41.1 Å². The first-order chi connectivity index (χ1) is 30.2. The van der Waals surface area contributed by atoms with Crippen LogP contribution in [0.2, 0.25) is 5.02 Å². The van der Waals surface area contributed by atoms with E-state index in [2.05, 4.69) is 50.5 Å². The van der Waals surface area contributed by atoms with E-state index in [-0.39, 0.29) is 41.1 Å². The lowest BCUT2D eigenvalue weighted by Crippen LogP contribution is -2.47. The van der Waals surface area contributed by atoms with Crippen molar-refractivity contribution in [3.63, 3.8) is 0 Å². The van der Waals surface area contributed by atoms with Gasteiger partial charge in [-0.15, -0.1) is 0 Å². The van der Waals surface area contributed by atoms with Gasteiger partial charge >= 0.3 is 5.69 Å². The standard InChI is InChI=1S/C47H53ClN6O8S/c1-47(2)19-17-34(40(27-47)32-9-11-35(48)12-10-32)29-52-21-23-53(24-22-52)41-6-4-5-39(44(41)62-37-25-33-18-20-49-45(33)50-28-37)46(55)51-63(58,59)38-15-16-43(42(26-38)54(56)57)61-30-31-7-13-36(60-3)14-8-31/h4-6,9-12,15-16,18,20,25-26,28,31,36H,7-8,13-14,17,19,21-24,27,29-30H2,1-3H3,(H,49,50)(H,51,55)/t31-,36-. The molecule has 5 aromatic rings. The number of ether oxygens (including phenoxy) is 3. The molecule has 2 aromatic heterocycles. The van der Waals surface area contributed by atoms with Gasteiger partial charge in [-0.3, -0.25) is 19.8 Å². The summed E-state index contributed by atoms with van der Waals surface area (Å²) in [6.07, 6.45) is 10.1. The van der Waals surface area contributed by atoms with Gasteiger partial charge in [0.1, 0.15) is 11.4 Å². The molecule has 1 aliphatic heterocycles. The number of nitrogens with zero attached hydrogens (tertiary/aromatic N) is 4. The summed E-state index contributed by atoms with van der Waals surface area (Å²) in [5.41, 5.74) is 4.96. The Hall–Kier alpha value is -5.48. The second-order valence-corrected chi connectivity index (χ2v) is 19.7. The molecule has 3 aromatic carbocycles. The molecule has 0 unspecified atom stereocenters. The van der Waals surface area contributed by atoms with Crippen molar-refractivity contribution >= 4 is 55.5 Å². The number of amides is 1. The first-order valence-electron chi connectivity index (χ1n) is 21.4. The number of hydrogen-bond donors (Lipinski definition) is 2. The predicted octanol–water partition coefficient (Wildman–Crippen LogP) is 9.41. The Bertz CT molecular complexity index is 2620. The summed E-state index contributed by atoms with van der Waals surface area (Å²) < 4.78 is 47.6. The van der Waals surface area contributed by atoms with E-state index in [4.69, 9.17) is 25.8 Å². The number of piperazine rings is 1. The highest BCUT2D eigenvalue weighted by Crippen LogP contribution is 2.44. The van der Waals surface area contributed by atoms with Crippen LogP contribution < -0.4 is 19.1 Å². The third-order valence-electron chi connectivity index (χ3n) is 12.6. The molecule has 0 spiro atoms. The predicted molar refractivity (Wildman–Crippen MR) is 243 cm³/mol. The van der Waals surface area contributed by atoms with Crippen molar-refractivity contribution in [2.45, 2.75) is 69.8 Å². The van der Waals surface area contributed by atoms with Gasteiger partial charge in [0.05, 0.1) is 40.0 Å². The number of H-pyrrole nitrogens is 1. The van der Waals surface area contributed by atoms with Crippen molar-refractivity contribution in [3.05, 3.63) is 117 Å². The van der Waals surface area contributed by atoms with E-state index < -0.39 is 31.4 Å². The smallest absolute Gasteiger partial charge is 0.312 e. The van der Waals surface area contributed by atoms with Crippen LogP contribution in [0.5, 0.6) is 17.2 Å². The number of benzene rings is 3. The molecule has 3 heterocycles. The normalized spacial score (nSPS) is 19.5. The van der Waals surface area contributed by atoms with Gasteiger partial charge in [0.15, 0.2) is 11.5 Å². The first-order valence-corrected chi connectivity index (χ1v) is 23.3. The number of aromatic nitrogens is 2. The molecule has 1 amide bonds. The lowest BCUT2D eigenvalue weighted by atomic mass is 9.72. The van der Waals surface area contributed by atoms with Crippen molar-refractivity contribution in [2.75, 3.05) is 51.3 Å². The van der Waals surface area contributed by atoms with Gasteiger partial charge in [-0.2, -0.15) is 0 Å². The summed E-state index contributed by atoms with van der Waals surface area (Å²) in [4.78, 5) is 37.3. The van der Waals surface area contributed by atoms with Gasteiger partial charge < -0.3 is 24.1 Å². The van der Waals surface area contributed by atoms with Gasteiger partial charge in [0, 0.05) is 62.5 Å². The maximum atomic E-state index is 14.1. The van der Waals surface area contributed by atoms with Crippen molar-refractivity contribution in [3.8, 4) is 17.2 Å². The first kappa shape index (κ1) is 44.1. The van der Waals surface area contributed by atoms with E-state index in [9.17, 15) is 23.3 Å². The Balaban J connectivity index is 1.02. The van der Waals surface area contributed by atoms with Crippen LogP contribution in [0.4, 0.5) is 11.4 Å². The molecule has 16 heteroatoms. The third-order valence-corrected chi connectivity index (χ3v) is 14.2. The van der Waals surface area contributed by atoms with Crippen molar-refractivity contribution in [1.82, 2.24) is 19.6 Å². The number of nitrogens with one attached hydrogen (secondary N) is 2. The SMILES string of the molecule is CO[C@H]1CC[C@H](COc2ccc(S(=O)(=O)NC(=O)c3cccc(N4CCN(CC5=C(c6ccc(Cl)cc6)CC(C)(C)CC5)CC4)c3Oc3cnc4[nH]ccc4c3)cc2[N+](=O)[O-])CC1. The molecule has 0 bridgehead atoms. The monoisotopic (exact) mass is 896 g/mol. The molecule has 332 valence electrons. The number of nitro groups is 1. The number of halogens is 1. The number of anilines is 1. The van der Waals surface area contributed by atoms with E-state index in [1.54, 1.807) is 25.4 Å². The summed E-state index contributed by atoms with van der Waals surface area (Å²) in [6, 6.07) is 20.2. The summed E-state index contributed by atoms with van der Waals surface area (Å²) in [6.45, 7) is 8.48. The van der Waals surface area contributed by atoms with Crippen molar-refractivity contribution in [2.24, 2.45) is 11.3 Å². The summed E-state index contributed by atoms with van der Waals surface area (Å²) in [7, 11) is -2.92. The van der Waals surface area contributed by atoms with E-state index in [0.29, 0.717) is 35.2 Å². The Morgan fingerprint density at radius 1 is 1.02 bits per heavy atom. The molecule has 1 saturated heterocycles. The second-order valence-electron chi connectivity index (χ2n) is 17.5. The second kappa shape index (κ2) is 18.7. The van der Waals surface area contributed by atoms with E-state index >= 15 is 0 Å². The molecular weight excluding hydrogens is 844 g/mol. The summed E-state index contributed by atoms with van der Waals surface area (Å²) in [5.74, 6) is -0.303. The number of allylic oxidation sites excluding steroid dienone is 1. The lowest BCUT2D eigenvalue weighted by molar-refractivity contribution is -0.386. The summed E-state index contributed by atoms with van der Waals surface area (Å²) in [5, 5.41) is 13.7. The number of para-hydroxylation sites is 1. The highest BCUT2D eigenvalue weighted by atomic mass is 35.5. The Labute approximate surface area is 372 Å². The highest BCUT2D eigenvalue weighted by Gasteiger charge is 2.32. The molecule has 3 aliphatic rings. The molecule has 0 radical (unpaired) electrons. The summed E-state index contributed by atoms with van der Waals surface area (Å²) >= 11 is 6.25. The van der Waals surface area contributed by atoms with Gasteiger partial charge in [-0.1, -0.05) is 49.2 Å². The molecule has 1 saturated carbocycles. The minimum absolute atomic E-state index is 0.0344. The highest BCUT2D eigenvalue weighted by molar-refractivity contribution is 7.90. The van der Waals surface area contributed by atoms with Crippen LogP contribution in [-0.4, -0.2) is 86.7 Å². The maximum Gasteiger partial charge on any atom is 0.312 e. The molecule has 2 fully saturated rings. The van der Waals surface area contributed by atoms with Crippen LogP contribution in [0.25, 0.3) is 16.6 Å². The fourth-order valence-corrected chi connectivity index (χ4v) is 10.1. The van der Waals surface area contributed by atoms with Gasteiger partial charge in [0.25, 0.3) is 15.9 Å². The lowest BCUT2D eigenvalue weighted by Gasteiger charge is -2.39. The maximum absolute atomic E-state index is 14.1. The number of carbonyl (C=O) groups is 1. The Morgan fingerprint density at radius 2 is 1.78 bits per heavy atom. The molecule has 0 atom stereocenters.